The number of methoxy groups -OCH3 is 2. The topological polar surface area (TPSA) is 30.5 Å². The lowest BCUT2D eigenvalue weighted by atomic mass is 9.97. The summed E-state index contributed by atoms with van der Waals surface area (Å²) in [6.07, 6.45) is 4.15. The second-order valence-electron chi connectivity index (χ2n) is 6.30. The van der Waals surface area contributed by atoms with Crippen molar-refractivity contribution in [2.24, 2.45) is 11.8 Å². The van der Waals surface area contributed by atoms with E-state index in [1.54, 1.807) is 14.2 Å². The second kappa shape index (κ2) is 7.81. The van der Waals surface area contributed by atoms with Crippen LogP contribution in [0.1, 0.15) is 50.3 Å². The smallest absolute Gasteiger partial charge is 0.124 e. The van der Waals surface area contributed by atoms with Gasteiger partial charge in [0.1, 0.15) is 5.75 Å². The molecule has 2 rings (SSSR count). The van der Waals surface area contributed by atoms with E-state index in [2.05, 4.69) is 31.3 Å². The summed E-state index contributed by atoms with van der Waals surface area (Å²) in [5.74, 6) is 2.60. The van der Waals surface area contributed by atoms with Gasteiger partial charge in [0.25, 0.3) is 0 Å². The molecule has 1 aromatic rings. The van der Waals surface area contributed by atoms with Gasteiger partial charge >= 0.3 is 0 Å². The van der Waals surface area contributed by atoms with Gasteiger partial charge in [-0.3, -0.25) is 0 Å². The molecule has 21 heavy (non-hydrogen) atoms. The summed E-state index contributed by atoms with van der Waals surface area (Å²) < 4.78 is 10.6. The van der Waals surface area contributed by atoms with Crippen molar-refractivity contribution in [3.05, 3.63) is 29.3 Å². The molecule has 0 spiro atoms. The van der Waals surface area contributed by atoms with Crippen LogP contribution < -0.4 is 10.1 Å². The lowest BCUT2D eigenvalue weighted by Gasteiger charge is -2.21. The zero-order valence-electron chi connectivity index (χ0n) is 13.8. The Hall–Kier alpha value is -1.06. The number of hydrogen-bond donors (Lipinski definition) is 1. The van der Waals surface area contributed by atoms with Crippen LogP contribution in [0, 0.1) is 11.8 Å². The van der Waals surface area contributed by atoms with Gasteiger partial charge < -0.3 is 14.8 Å². The SMILES string of the molecule is COCc1cc(C(C)NCC2CCCC2C)ccc1OC. The van der Waals surface area contributed by atoms with E-state index in [-0.39, 0.29) is 0 Å². The van der Waals surface area contributed by atoms with E-state index < -0.39 is 0 Å². The molecular formula is C18H29NO2. The number of ether oxygens (including phenoxy) is 2. The first-order valence-electron chi connectivity index (χ1n) is 8.04. The number of hydrogen-bond acceptors (Lipinski definition) is 3. The summed E-state index contributed by atoms with van der Waals surface area (Å²) in [5, 5.41) is 3.70. The first-order chi connectivity index (χ1) is 10.2. The fraction of sp³-hybridized carbons (Fsp3) is 0.667. The third-order valence-electron chi connectivity index (χ3n) is 4.83. The minimum absolute atomic E-state index is 0.360. The first-order valence-corrected chi connectivity index (χ1v) is 8.04. The minimum Gasteiger partial charge on any atom is -0.496 e. The minimum atomic E-state index is 0.360. The molecule has 1 fully saturated rings. The Labute approximate surface area is 129 Å². The number of rotatable bonds is 7. The lowest BCUT2D eigenvalue weighted by Crippen LogP contribution is -2.27. The highest BCUT2D eigenvalue weighted by atomic mass is 16.5. The third kappa shape index (κ3) is 4.21. The Morgan fingerprint density at radius 1 is 1.29 bits per heavy atom. The zero-order chi connectivity index (χ0) is 15.2. The van der Waals surface area contributed by atoms with Crippen LogP contribution in [0.3, 0.4) is 0 Å². The van der Waals surface area contributed by atoms with Gasteiger partial charge in [-0.2, -0.15) is 0 Å². The molecule has 0 bridgehead atoms. The van der Waals surface area contributed by atoms with Crippen molar-refractivity contribution in [1.82, 2.24) is 5.32 Å². The molecule has 3 atom stereocenters. The Morgan fingerprint density at radius 2 is 2.10 bits per heavy atom. The Bertz CT molecular complexity index is 447. The molecule has 0 radical (unpaired) electrons. The standard InChI is InChI=1S/C18H29NO2/c1-13-6-5-7-16(13)11-19-14(2)15-8-9-18(21-4)17(10-15)12-20-3/h8-10,13-14,16,19H,5-7,11-12H2,1-4H3. The average molecular weight is 291 g/mol. The van der Waals surface area contributed by atoms with Crippen LogP contribution in [0.15, 0.2) is 18.2 Å². The highest BCUT2D eigenvalue weighted by Crippen LogP contribution is 2.31. The van der Waals surface area contributed by atoms with E-state index in [0.29, 0.717) is 12.6 Å². The molecule has 1 aromatic carbocycles. The monoisotopic (exact) mass is 291 g/mol. The van der Waals surface area contributed by atoms with Gasteiger partial charge in [-0.1, -0.05) is 25.8 Å². The fourth-order valence-electron chi connectivity index (χ4n) is 3.31. The quantitative estimate of drug-likeness (QED) is 0.825. The van der Waals surface area contributed by atoms with Gasteiger partial charge in [-0.05, 0) is 49.4 Å². The molecule has 3 heteroatoms. The summed E-state index contributed by atoms with van der Waals surface area (Å²) in [7, 11) is 3.42. The van der Waals surface area contributed by atoms with Crippen LogP contribution in [-0.2, 0) is 11.3 Å². The Morgan fingerprint density at radius 3 is 2.71 bits per heavy atom. The molecule has 1 aliphatic rings. The van der Waals surface area contributed by atoms with Gasteiger partial charge in [0.05, 0.1) is 13.7 Å². The molecule has 0 saturated heterocycles. The van der Waals surface area contributed by atoms with Gasteiger partial charge in [-0.25, -0.2) is 0 Å². The van der Waals surface area contributed by atoms with Gasteiger partial charge in [-0.15, -0.1) is 0 Å². The first kappa shape index (κ1) is 16.3. The van der Waals surface area contributed by atoms with Gasteiger partial charge in [0, 0.05) is 18.7 Å². The third-order valence-corrected chi connectivity index (χ3v) is 4.83. The van der Waals surface area contributed by atoms with Crippen LogP contribution in [0.5, 0.6) is 5.75 Å². The van der Waals surface area contributed by atoms with Crippen molar-refractivity contribution >= 4 is 0 Å². The molecule has 0 amide bonds. The fourth-order valence-corrected chi connectivity index (χ4v) is 3.31. The van der Waals surface area contributed by atoms with Crippen LogP contribution in [-0.4, -0.2) is 20.8 Å². The molecule has 1 aliphatic carbocycles. The lowest BCUT2D eigenvalue weighted by molar-refractivity contribution is 0.181. The van der Waals surface area contributed by atoms with Gasteiger partial charge in [0.2, 0.25) is 0 Å². The molecule has 0 aliphatic heterocycles. The van der Waals surface area contributed by atoms with Crippen LogP contribution >= 0.6 is 0 Å². The average Bonchev–Trinajstić information content (AvgIpc) is 2.90. The molecule has 0 heterocycles. The molecule has 3 nitrogen and oxygen atoms in total. The van der Waals surface area contributed by atoms with E-state index in [0.717, 1.165) is 29.7 Å². The van der Waals surface area contributed by atoms with E-state index in [9.17, 15) is 0 Å². The summed E-state index contributed by atoms with van der Waals surface area (Å²) >= 11 is 0. The zero-order valence-corrected chi connectivity index (χ0v) is 13.8. The Kier molecular flexibility index (Phi) is 6.07. The Balaban J connectivity index is 1.97. The predicted octanol–water partition coefficient (Wildman–Crippen LogP) is 3.93. The maximum atomic E-state index is 5.39. The molecule has 118 valence electrons. The van der Waals surface area contributed by atoms with E-state index in [1.807, 2.05) is 6.07 Å². The maximum absolute atomic E-state index is 5.39. The molecule has 3 unspecified atom stereocenters. The predicted molar refractivity (Wildman–Crippen MR) is 86.6 cm³/mol. The molecule has 1 saturated carbocycles. The highest BCUT2D eigenvalue weighted by molar-refractivity contribution is 5.38. The molecule has 1 N–H and O–H groups in total. The normalized spacial score (nSPS) is 23.2. The van der Waals surface area contributed by atoms with E-state index in [1.165, 1.54) is 24.8 Å². The second-order valence-corrected chi connectivity index (χ2v) is 6.30. The van der Waals surface area contributed by atoms with Crippen LogP contribution in [0.25, 0.3) is 0 Å². The molecule has 0 aromatic heterocycles. The van der Waals surface area contributed by atoms with Crippen molar-refractivity contribution in [2.75, 3.05) is 20.8 Å². The van der Waals surface area contributed by atoms with Gasteiger partial charge in [0.15, 0.2) is 0 Å². The van der Waals surface area contributed by atoms with Crippen molar-refractivity contribution in [2.45, 2.75) is 45.8 Å². The largest absolute Gasteiger partial charge is 0.496 e. The van der Waals surface area contributed by atoms with Crippen molar-refractivity contribution in [3.63, 3.8) is 0 Å². The van der Waals surface area contributed by atoms with E-state index >= 15 is 0 Å². The van der Waals surface area contributed by atoms with Crippen molar-refractivity contribution in [3.8, 4) is 5.75 Å². The van der Waals surface area contributed by atoms with E-state index in [4.69, 9.17) is 9.47 Å². The van der Waals surface area contributed by atoms with Crippen LogP contribution in [0.4, 0.5) is 0 Å². The number of nitrogens with one attached hydrogen (secondary N) is 1. The summed E-state index contributed by atoms with van der Waals surface area (Å²) in [5.41, 5.74) is 2.41. The highest BCUT2D eigenvalue weighted by Gasteiger charge is 2.23. The van der Waals surface area contributed by atoms with Crippen molar-refractivity contribution < 1.29 is 9.47 Å². The van der Waals surface area contributed by atoms with Crippen molar-refractivity contribution in [1.29, 1.82) is 0 Å². The van der Waals surface area contributed by atoms with Crippen LogP contribution in [0.2, 0.25) is 0 Å². The maximum Gasteiger partial charge on any atom is 0.124 e. The number of benzene rings is 1. The summed E-state index contributed by atoms with van der Waals surface area (Å²) in [4.78, 5) is 0. The molecular weight excluding hydrogens is 262 g/mol. The summed E-state index contributed by atoms with van der Waals surface area (Å²) in [6, 6.07) is 6.74. The summed E-state index contributed by atoms with van der Waals surface area (Å²) in [6.45, 7) is 6.32.